The quantitative estimate of drug-likeness (QED) is 0.878. The maximum absolute atomic E-state index is 10.7. The molecule has 1 saturated heterocycles. The zero-order valence-electron chi connectivity index (χ0n) is 12.2. The van der Waals surface area contributed by atoms with Gasteiger partial charge >= 0.3 is 0 Å². The van der Waals surface area contributed by atoms with Gasteiger partial charge in [-0.15, -0.1) is 0 Å². The van der Waals surface area contributed by atoms with Crippen LogP contribution in [0.25, 0.3) is 0 Å². The Balaban J connectivity index is 1.54. The van der Waals surface area contributed by atoms with Crippen molar-refractivity contribution < 1.29 is 9.84 Å². The van der Waals surface area contributed by atoms with Gasteiger partial charge in [0.05, 0.1) is 11.2 Å². The molecule has 1 aromatic carbocycles. The third-order valence-electron chi connectivity index (χ3n) is 3.94. The van der Waals surface area contributed by atoms with Crippen molar-refractivity contribution in [1.82, 2.24) is 20.3 Å². The summed E-state index contributed by atoms with van der Waals surface area (Å²) < 4.78 is 5.71. The molecule has 6 nitrogen and oxygen atoms in total. The summed E-state index contributed by atoms with van der Waals surface area (Å²) in [5, 5.41) is 21.7. The van der Waals surface area contributed by atoms with Crippen molar-refractivity contribution in [3.05, 3.63) is 41.2 Å². The molecule has 118 valence electrons. The molecule has 2 aromatic rings. The average molecular weight is 323 g/mol. The van der Waals surface area contributed by atoms with E-state index in [9.17, 15) is 5.11 Å². The largest absolute Gasteiger partial charge is 0.491 e. The van der Waals surface area contributed by atoms with E-state index in [1.54, 1.807) is 12.3 Å². The molecule has 2 N–H and O–H groups in total. The molecule has 22 heavy (non-hydrogen) atoms. The van der Waals surface area contributed by atoms with Gasteiger partial charge in [-0.3, -0.25) is 4.90 Å². The van der Waals surface area contributed by atoms with Crippen LogP contribution in [0.1, 0.15) is 18.5 Å². The molecule has 7 heteroatoms. The molecular weight excluding hydrogens is 304 g/mol. The highest BCUT2D eigenvalue weighted by atomic mass is 35.5. The first-order valence-electron chi connectivity index (χ1n) is 7.36. The van der Waals surface area contributed by atoms with Crippen LogP contribution in [0.2, 0.25) is 5.02 Å². The number of aromatic amines is 1. The van der Waals surface area contributed by atoms with Crippen LogP contribution in [-0.2, 0) is 5.60 Å². The molecule has 0 radical (unpaired) electrons. The Kier molecular flexibility index (Phi) is 4.61. The number of halogens is 1. The Morgan fingerprint density at radius 3 is 3.05 bits per heavy atom. The summed E-state index contributed by atoms with van der Waals surface area (Å²) in [6.07, 6.45) is 3.20. The van der Waals surface area contributed by atoms with E-state index in [1.165, 1.54) is 0 Å². The molecule has 0 aliphatic carbocycles. The van der Waals surface area contributed by atoms with Gasteiger partial charge in [0.1, 0.15) is 23.7 Å². The highest BCUT2D eigenvalue weighted by Crippen LogP contribution is 2.29. The summed E-state index contributed by atoms with van der Waals surface area (Å²) in [4.78, 5) is 2.18. The molecule has 0 amide bonds. The van der Waals surface area contributed by atoms with Gasteiger partial charge < -0.3 is 9.84 Å². The number of nitrogens with one attached hydrogen (secondary N) is 1. The molecule has 3 rings (SSSR count). The van der Waals surface area contributed by atoms with Gasteiger partial charge in [0.25, 0.3) is 0 Å². The fraction of sp³-hybridized carbons (Fsp3) is 0.467. The lowest BCUT2D eigenvalue weighted by molar-refractivity contribution is -0.0412. The predicted octanol–water partition coefficient (Wildman–Crippen LogP) is 1.82. The fourth-order valence-corrected chi connectivity index (χ4v) is 2.99. The SMILES string of the molecule is O[C@]1(c2cn[nH]n2)CCCN(CCOc2ccccc2Cl)C1. The van der Waals surface area contributed by atoms with Gasteiger partial charge in [0.2, 0.25) is 0 Å². The molecule has 1 fully saturated rings. The van der Waals surface area contributed by atoms with Crippen molar-refractivity contribution in [3.63, 3.8) is 0 Å². The molecule has 2 heterocycles. The second-order valence-electron chi connectivity index (χ2n) is 5.55. The first-order chi connectivity index (χ1) is 10.7. The topological polar surface area (TPSA) is 74.3 Å². The summed E-state index contributed by atoms with van der Waals surface area (Å²) in [5.74, 6) is 0.688. The number of aromatic nitrogens is 3. The molecule has 1 atom stereocenters. The van der Waals surface area contributed by atoms with E-state index in [0.717, 1.165) is 19.5 Å². The number of aliphatic hydroxyl groups is 1. The lowest BCUT2D eigenvalue weighted by Gasteiger charge is -2.37. The van der Waals surface area contributed by atoms with E-state index in [0.29, 0.717) is 36.0 Å². The zero-order valence-corrected chi connectivity index (χ0v) is 13.0. The maximum Gasteiger partial charge on any atom is 0.137 e. The number of hydrogen-bond acceptors (Lipinski definition) is 5. The van der Waals surface area contributed by atoms with Gasteiger partial charge in [-0.05, 0) is 31.5 Å². The highest BCUT2D eigenvalue weighted by Gasteiger charge is 2.36. The van der Waals surface area contributed by atoms with Crippen molar-refractivity contribution in [1.29, 1.82) is 0 Å². The number of para-hydroxylation sites is 1. The number of H-pyrrole nitrogens is 1. The van der Waals surface area contributed by atoms with Crippen LogP contribution < -0.4 is 4.74 Å². The first-order valence-corrected chi connectivity index (χ1v) is 7.73. The van der Waals surface area contributed by atoms with E-state index >= 15 is 0 Å². The minimum absolute atomic E-state index is 0.526. The Bertz CT molecular complexity index is 607. The normalized spacial score (nSPS) is 22.6. The summed E-state index contributed by atoms with van der Waals surface area (Å²) in [6, 6.07) is 7.43. The molecule has 1 aromatic heterocycles. The lowest BCUT2D eigenvalue weighted by atomic mass is 9.90. The summed E-state index contributed by atoms with van der Waals surface area (Å²) in [7, 11) is 0. The number of rotatable bonds is 5. The van der Waals surface area contributed by atoms with E-state index in [4.69, 9.17) is 16.3 Å². The predicted molar refractivity (Wildman–Crippen MR) is 82.9 cm³/mol. The third kappa shape index (κ3) is 3.40. The molecule has 1 aliphatic rings. The van der Waals surface area contributed by atoms with Crippen LogP contribution in [0.4, 0.5) is 0 Å². The number of piperidine rings is 1. The molecule has 0 saturated carbocycles. The van der Waals surface area contributed by atoms with Crippen LogP contribution in [0.3, 0.4) is 0 Å². The molecule has 0 unspecified atom stereocenters. The number of hydrogen-bond donors (Lipinski definition) is 2. The van der Waals surface area contributed by atoms with Crippen molar-refractivity contribution in [2.24, 2.45) is 0 Å². The van der Waals surface area contributed by atoms with Crippen LogP contribution in [-0.4, -0.2) is 51.7 Å². The summed E-state index contributed by atoms with van der Waals surface area (Å²) in [5.41, 5.74) is -0.334. The van der Waals surface area contributed by atoms with Crippen molar-refractivity contribution in [3.8, 4) is 5.75 Å². The first kappa shape index (κ1) is 15.3. The van der Waals surface area contributed by atoms with Crippen LogP contribution >= 0.6 is 11.6 Å². The van der Waals surface area contributed by atoms with Crippen molar-refractivity contribution in [2.75, 3.05) is 26.2 Å². The highest BCUT2D eigenvalue weighted by molar-refractivity contribution is 6.32. The Labute approximate surface area is 134 Å². The van der Waals surface area contributed by atoms with E-state index in [-0.39, 0.29) is 0 Å². The van der Waals surface area contributed by atoms with E-state index in [2.05, 4.69) is 20.3 Å². The number of benzene rings is 1. The monoisotopic (exact) mass is 322 g/mol. The van der Waals surface area contributed by atoms with Crippen molar-refractivity contribution in [2.45, 2.75) is 18.4 Å². The van der Waals surface area contributed by atoms with Gasteiger partial charge in [0, 0.05) is 13.1 Å². The average Bonchev–Trinajstić information content (AvgIpc) is 3.05. The minimum Gasteiger partial charge on any atom is -0.491 e. The van der Waals surface area contributed by atoms with Gasteiger partial charge in [0.15, 0.2) is 0 Å². The van der Waals surface area contributed by atoms with Crippen LogP contribution in [0.5, 0.6) is 5.75 Å². The third-order valence-corrected chi connectivity index (χ3v) is 4.26. The van der Waals surface area contributed by atoms with Gasteiger partial charge in [-0.2, -0.15) is 15.4 Å². The van der Waals surface area contributed by atoms with Gasteiger partial charge in [-0.1, -0.05) is 23.7 Å². The number of nitrogens with zero attached hydrogens (tertiary/aromatic N) is 3. The maximum atomic E-state index is 10.7. The van der Waals surface area contributed by atoms with Crippen LogP contribution in [0, 0.1) is 0 Å². The summed E-state index contributed by atoms with van der Waals surface area (Å²) in [6.45, 7) is 2.72. The van der Waals surface area contributed by atoms with Gasteiger partial charge in [-0.25, -0.2) is 0 Å². The Morgan fingerprint density at radius 2 is 2.27 bits per heavy atom. The van der Waals surface area contributed by atoms with Crippen LogP contribution in [0.15, 0.2) is 30.5 Å². The molecular formula is C15H19ClN4O2. The second kappa shape index (κ2) is 6.64. The fourth-order valence-electron chi connectivity index (χ4n) is 2.80. The Hall–Kier alpha value is -1.63. The van der Waals surface area contributed by atoms with E-state index in [1.807, 2.05) is 18.2 Å². The van der Waals surface area contributed by atoms with Crippen molar-refractivity contribution >= 4 is 11.6 Å². The number of likely N-dealkylation sites (tertiary alicyclic amines) is 1. The number of ether oxygens (including phenoxy) is 1. The smallest absolute Gasteiger partial charge is 0.137 e. The molecule has 0 bridgehead atoms. The second-order valence-corrected chi connectivity index (χ2v) is 5.95. The number of β-amino-alcohol motifs (C(OH)–C–C–N with tert-alkyl or cyclic N) is 1. The Morgan fingerprint density at radius 1 is 1.41 bits per heavy atom. The molecule has 1 aliphatic heterocycles. The molecule has 0 spiro atoms. The lowest BCUT2D eigenvalue weighted by Crippen LogP contribution is -2.47. The summed E-state index contributed by atoms with van der Waals surface area (Å²) >= 11 is 6.06. The zero-order chi connectivity index (χ0) is 15.4. The standard InChI is InChI=1S/C15H19ClN4O2/c16-12-4-1-2-5-13(12)22-9-8-20-7-3-6-15(21,11-20)14-10-17-19-18-14/h1-2,4-5,10,21H,3,6-9,11H2,(H,17,18,19)/t15-/m1/s1. The minimum atomic E-state index is -0.935. The van der Waals surface area contributed by atoms with E-state index < -0.39 is 5.60 Å².